The zero-order valence-corrected chi connectivity index (χ0v) is 16.9. The molecule has 1 saturated carbocycles. The Kier molecular flexibility index (Phi) is 6.34. The van der Waals surface area contributed by atoms with Gasteiger partial charge in [-0.1, -0.05) is 12.1 Å². The Morgan fingerprint density at radius 2 is 1.36 bits per heavy atom. The summed E-state index contributed by atoms with van der Waals surface area (Å²) >= 11 is 0. The van der Waals surface area contributed by atoms with Gasteiger partial charge in [0.05, 0.1) is 0 Å². The van der Waals surface area contributed by atoms with Crippen molar-refractivity contribution in [2.75, 3.05) is 29.6 Å². The van der Waals surface area contributed by atoms with Gasteiger partial charge in [-0.25, -0.2) is 0 Å². The van der Waals surface area contributed by atoms with E-state index in [0.717, 1.165) is 48.3 Å². The molecule has 1 aliphatic rings. The number of hydrogen-bond donors (Lipinski definition) is 2. The second kappa shape index (κ2) is 8.91. The molecule has 2 aromatic rings. The maximum Gasteiger partial charge on any atom is 0.227 e. The van der Waals surface area contributed by atoms with Crippen LogP contribution in [-0.2, 0) is 9.59 Å². The van der Waals surface area contributed by atoms with E-state index < -0.39 is 0 Å². The summed E-state index contributed by atoms with van der Waals surface area (Å²) in [6.45, 7) is 2.01. The first-order valence-corrected chi connectivity index (χ1v) is 9.88. The Morgan fingerprint density at radius 1 is 0.821 bits per heavy atom. The number of nitrogens with zero attached hydrogens (tertiary/aromatic N) is 1. The van der Waals surface area contributed by atoms with Gasteiger partial charge in [0.1, 0.15) is 0 Å². The number of anilines is 3. The third kappa shape index (κ3) is 5.12. The molecule has 3 rings (SSSR count). The number of nitrogens with one attached hydrogen (secondary N) is 2. The number of aryl methyl sites for hydroxylation is 1. The highest BCUT2D eigenvalue weighted by molar-refractivity contribution is 5.94. The van der Waals surface area contributed by atoms with Gasteiger partial charge >= 0.3 is 0 Å². The number of amides is 2. The van der Waals surface area contributed by atoms with E-state index in [9.17, 15) is 9.59 Å². The molecule has 0 aliphatic heterocycles. The van der Waals surface area contributed by atoms with Crippen LogP contribution in [0.15, 0.2) is 48.5 Å². The minimum absolute atomic E-state index is 0.0241. The zero-order chi connectivity index (χ0) is 20.1. The number of hydrogen-bond acceptors (Lipinski definition) is 3. The van der Waals surface area contributed by atoms with Crippen molar-refractivity contribution in [3.63, 3.8) is 0 Å². The van der Waals surface area contributed by atoms with Crippen LogP contribution in [0.2, 0.25) is 0 Å². The van der Waals surface area contributed by atoms with Crippen molar-refractivity contribution in [2.24, 2.45) is 11.8 Å². The molecule has 0 radical (unpaired) electrons. The van der Waals surface area contributed by atoms with Gasteiger partial charge in [0.2, 0.25) is 11.8 Å². The highest BCUT2D eigenvalue weighted by Crippen LogP contribution is 2.31. The molecule has 0 atom stereocenters. The molecule has 0 unspecified atom stereocenters. The second-order valence-corrected chi connectivity index (χ2v) is 7.84. The van der Waals surface area contributed by atoms with Gasteiger partial charge in [0.25, 0.3) is 0 Å². The minimum atomic E-state index is -0.0310. The Balaban J connectivity index is 1.48. The maximum atomic E-state index is 12.6. The van der Waals surface area contributed by atoms with E-state index in [-0.39, 0.29) is 23.7 Å². The van der Waals surface area contributed by atoms with E-state index >= 15 is 0 Å². The number of carbonyl (C=O) groups excluding carboxylic acids is 2. The van der Waals surface area contributed by atoms with Crippen LogP contribution in [0.4, 0.5) is 17.1 Å². The molecule has 0 bridgehead atoms. The average Bonchev–Trinajstić information content (AvgIpc) is 2.68. The summed E-state index contributed by atoms with van der Waals surface area (Å²) in [6.07, 6.45) is 2.98. The highest BCUT2D eigenvalue weighted by Gasteiger charge is 2.30. The van der Waals surface area contributed by atoms with Crippen LogP contribution in [-0.4, -0.2) is 25.9 Å². The predicted octanol–water partition coefficient (Wildman–Crippen LogP) is 4.44. The third-order valence-electron chi connectivity index (χ3n) is 5.41. The SMILES string of the molecule is Cc1cccc(NC(=O)C2CCC(C(=O)Nc3ccc(N(C)C)cc3)CC2)c1. The van der Waals surface area contributed by atoms with Crippen molar-refractivity contribution in [3.05, 3.63) is 54.1 Å². The van der Waals surface area contributed by atoms with Gasteiger partial charge in [-0.2, -0.15) is 0 Å². The van der Waals surface area contributed by atoms with Crippen LogP contribution in [0.3, 0.4) is 0 Å². The summed E-state index contributed by atoms with van der Waals surface area (Å²) in [4.78, 5) is 27.1. The van der Waals surface area contributed by atoms with Gasteiger partial charge < -0.3 is 15.5 Å². The van der Waals surface area contributed by atoms with Crippen molar-refractivity contribution < 1.29 is 9.59 Å². The summed E-state index contributed by atoms with van der Waals surface area (Å²) in [6, 6.07) is 15.7. The Morgan fingerprint density at radius 3 is 1.86 bits per heavy atom. The van der Waals surface area contributed by atoms with Crippen LogP contribution in [0, 0.1) is 18.8 Å². The molecule has 0 spiro atoms. The fraction of sp³-hybridized carbons (Fsp3) is 0.391. The predicted molar refractivity (Wildman–Crippen MR) is 115 cm³/mol. The molecule has 0 aromatic heterocycles. The highest BCUT2D eigenvalue weighted by atomic mass is 16.2. The quantitative estimate of drug-likeness (QED) is 0.807. The molecule has 5 heteroatoms. The largest absolute Gasteiger partial charge is 0.378 e. The molecule has 2 amide bonds. The van der Waals surface area contributed by atoms with E-state index in [1.165, 1.54) is 0 Å². The van der Waals surface area contributed by atoms with Crippen molar-refractivity contribution >= 4 is 28.9 Å². The summed E-state index contributed by atoms with van der Waals surface area (Å²) in [5.41, 5.74) is 3.87. The monoisotopic (exact) mass is 379 g/mol. The van der Waals surface area contributed by atoms with Crippen LogP contribution < -0.4 is 15.5 Å². The third-order valence-corrected chi connectivity index (χ3v) is 5.41. The number of carbonyl (C=O) groups is 2. The minimum Gasteiger partial charge on any atom is -0.378 e. The molecular weight excluding hydrogens is 350 g/mol. The molecule has 2 N–H and O–H groups in total. The van der Waals surface area contributed by atoms with E-state index in [2.05, 4.69) is 10.6 Å². The lowest BCUT2D eigenvalue weighted by atomic mass is 9.81. The van der Waals surface area contributed by atoms with Crippen molar-refractivity contribution in [2.45, 2.75) is 32.6 Å². The van der Waals surface area contributed by atoms with Crippen LogP contribution in [0.5, 0.6) is 0 Å². The van der Waals surface area contributed by atoms with Crippen LogP contribution in [0.1, 0.15) is 31.2 Å². The van der Waals surface area contributed by atoms with Crippen LogP contribution in [0.25, 0.3) is 0 Å². The normalized spacial score (nSPS) is 19.0. The Bertz CT molecular complexity index is 822. The fourth-order valence-corrected chi connectivity index (χ4v) is 3.67. The lowest BCUT2D eigenvalue weighted by Crippen LogP contribution is -2.32. The molecule has 0 saturated heterocycles. The smallest absolute Gasteiger partial charge is 0.227 e. The molecule has 28 heavy (non-hydrogen) atoms. The topological polar surface area (TPSA) is 61.4 Å². The van der Waals surface area contributed by atoms with E-state index in [1.807, 2.05) is 74.4 Å². The maximum absolute atomic E-state index is 12.6. The van der Waals surface area contributed by atoms with Gasteiger partial charge in [0.15, 0.2) is 0 Å². The van der Waals surface area contributed by atoms with Gasteiger partial charge in [-0.15, -0.1) is 0 Å². The first kappa shape index (κ1) is 19.9. The standard InChI is InChI=1S/C23H29N3O2/c1-16-5-4-6-20(15-16)25-23(28)18-9-7-17(8-10-18)22(27)24-19-11-13-21(14-12-19)26(2)3/h4-6,11-15,17-18H,7-10H2,1-3H3,(H,24,27)(H,25,28). The van der Waals surface area contributed by atoms with Gasteiger partial charge in [-0.05, 0) is 74.6 Å². The summed E-state index contributed by atoms with van der Waals surface area (Å²) in [5, 5.41) is 6.02. The van der Waals surface area contributed by atoms with E-state index in [0.29, 0.717) is 0 Å². The lowest BCUT2D eigenvalue weighted by molar-refractivity contribution is -0.125. The average molecular weight is 380 g/mol. The van der Waals surface area contributed by atoms with E-state index in [1.54, 1.807) is 0 Å². The number of benzene rings is 2. The molecule has 5 nitrogen and oxygen atoms in total. The second-order valence-electron chi connectivity index (χ2n) is 7.84. The summed E-state index contributed by atoms with van der Waals surface area (Å²) in [7, 11) is 3.97. The van der Waals surface area contributed by atoms with Crippen LogP contribution >= 0.6 is 0 Å². The first-order chi connectivity index (χ1) is 13.4. The molecule has 1 fully saturated rings. The molecular formula is C23H29N3O2. The van der Waals surface area contributed by atoms with Crippen molar-refractivity contribution in [3.8, 4) is 0 Å². The lowest BCUT2D eigenvalue weighted by Gasteiger charge is -2.27. The van der Waals surface area contributed by atoms with Gasteiger partial charge in [0, 0.05) is 43.0 Å². The summed E-state index contributed by atoms with van der Waals surface area (Å²) in [5.74, 6) is 0.0550. The van der Waals surface area contributed by atoms with E-state index in [4.69, 9.17) is 0 Å². The fourth-order valence-electron chi connectivity index (χ4n) is 3.67. The number of rotatable bonds is 5. The molecule has 1 aliphatic carbocycles. The Labute approximate surface area is 167 Å². The molecule has 148 valence electrons. The first-order valence-electron chi connectivity index (χ1n) is 9.88. The Hall–Kier alpha value is -2.82. The van der Waals surface area contributed by atoms with Gasteiger partial charge in [-0.3, -0.25) is 9.59 Å². The molecule has 0 heterocycles. The van der Waals surface area contributed by atoms with Crippen molar-refractivity contribution in [1.29, 1.82) is 0 Å². The summed E-state index contributed by atoms with van der Waals surface area (Å²) < 4.78 is 0. The molecule has 2 aromatic carbocycles. The van der Waals surface area contributed by atoms with Crippen molar-refractivity contribution in [1.82, 2.24) is 0 Å². The zero-order valence-electron chi connectivity index (χ0n) is 16.9.